The van der Waals surface area contributed by atoms with Crippen molar-refractivity contribution in [1.29, 1.82) is 0 Å². The van der Waals surface area contributed by atoms with Gasteiger partial charge in [-0.25, -0.2) is 9.38 Å². The summed E-state index contributed by atoms with van der Waals surface area (Å²) in [5, 5.41) is 12.7. The van der Waals surface area contributed by atoms with Crippen LogP contribution in [0.2, 0.25) is 0 Å². The van der Waals surface area contributed by atoms with Gasteiger partial charge in [-0.1, -0.05) is 18.5 Å². The molecule has 4 N–H and O–H groups in total. The zero-order chi connectivity index (χ0) is 13.7. The Morgan fingerprint density at radius 1 is 1.63 bits per heavy atom. The van der Waals surface area contributed by atoms with Crippen molar-refractivity contribution in [3.63, 3.8) is 0 Å². The minimum Gasteiger partial charge on any atom is -0.378 e. The Labute approximate surface area is 116 Å². The van der Waals surface area contributed by atoms with E-state index in [1.165, 1.54) is 0 Å². The maximum Gasteiger partial charge on any atom is 0.216 e. The zero-order valence-electron chi connectivity index (χ0n) is 10.6. The molecule has 0 aromatic rings. The molecule has 0 amide bonds. The number of halogens is 2. The Bertz CT molecular complexity index is 430. The number of aliphatic hydroxyl groups is 1. The van der Waals surface area contributed by atoms with E-state index in [1.54, 1.807) is 0 Å². The monoisotopic (exact) mass is 288 g/mol. The van der Waals surface area contributed by atoms with Gasteiger partial charge >= 0.3 is 0 Å². The lowest BCUT2D eigenvalue weighted by Gasteiger charge is -2.64. The predicted molar refractivity (Wildman–Crippen MR) is 71.8 cm³/mol. The van der Waals surface area contributed by atoms with Crippen molar-refractivity contribution in [2.24, 2.45) is 39.4 Å². The van der Waals surface area contributed by atoms with Crippen LogP contribution in [0.1, 0.15) is 13.3 Å². The molecule has 0 aromatic carbocycles. The summed E-state index contributed by atoms with van der Waals surface area (Å²) in [5.41, 5.74) is 4.84. The second-order valence-electron chi connectivity index (χ2n) is 5.72. The molecule has 5 nitrogen and oxygen atoms in total. The minimum atomic E-state index is -1.36. The van der Waals surface area contributed by atoms with E-state index < -0.39 is 18.0 Å². The summed E-state index contributed by atoms with van der Waals surface area (Å²) < 4.78 is 13.7. The minimum absolute atomic E-state index is 0.0267. The summed E-state index contributed by atoms with van der Waals surface area (Å²) in [6.45, 7) is 2.16. The smallest absolute Gasteiger partial charge is 0.216 e. The first-order valence-electron chi connectivity index (χ1n) is 6.58. The molecule has 1 aliphatic heterocycles. The van der Waals surface area contributed by atoms with Gasteiger partial charge in [0, 0.05) is 18.2 Å². The molecule has 8 atom stereocenters. The van der Waals surface area contributed by atoms with Crippen LogP contribution in [0.3, 0.4) is 0 Å². The first kappa shape index (κ1) is 13.3. The van der Waals surface area contributed by atoms with Gasteiger partial charge in [-0.2, -0.15) is 0 Å². The number of nitrogens with zero attached hydrogens (tertiary/aromatic N) is 2. The normalized spacial score (nSPS) is 49.5. The van der Waals surface area contributed by atoms with Crippen LogP contribution in [0, 0.1) is 23.7 Å². The van der Waals surface area contributed by atoms with E-state index in [0.29, 0.717) is 17.8 Å². The summed E-state index contributed by atoms with van der Waals surface area (Å²) >= 11 is 5.76. The van der Waals surface area contributed by atoms with Crippen LogP contribution in [0.5, 0.6) is 0 Å². The van der Waals surface area contributed by atoms with Gasteiger partial charge in [0.1, 0.15) is 12.1 Å². The summed E-state index contributed by atoms with van der Waals surface area (Å²) in [6.07, 6.45) is -0.0114. The first-order chi connectivity index (χ1) is 8.99. The Morgan fingerprint density at radius 3 is 3.00 bits per heavy atom. The molecule has 2 fully saturated rings. The molecule has 2 aliphatic carbocycles. The predicted octanol–water partition coefficient (Wildman–Crippen LogP) is 0.467. The number of nitrogens with one attached hydrogen (secondary N) is 1. The van der Waals surface area contributed by atoms with Crippen LogP contribution >= 0.6 is 11.6 Å². The number of alkyl halides is 2. The van der Waals surface area contributed by atoms with Crippen LogP contribution in [-0.2, 0) is 0 Å². The van der Waals surface area contributed by atoms with Gasteiger partial charge in [-0.05, 0) is 24.2 Å². The lowest BCUT2D eigenvalue weighted by molar-refractivity contribution is -0.153. The lowest BCUT2D eigenvalue weighted by atomic mass is 9.45. The third kappa shape index (κ3) is 2.06. The fraction of sp³-hybridized carbons (Fsp3) is 0.833. The van der Waals surface area contributed by atoms with Crippen LogP contribution < -0.4 is 11.1 Å². The van der Waals surface area contributed by atoms with Crippen molar-refractivity contribution in [2.75, 3.05) is 0 Å². The van der Waals surface area contributed by atoms with Crippen LogP contribution in [-0.4, -0.2) is 41.2 Å². The molecule has 1 heterocycles. The number of aliphatic hydroxyl groups excluding tert-OH is 1. The highest BCUT2D eigenvalue weighted by molar-refractivity contribution is 6.22. The molecule has 3 aliphatic rings. The molecule has 0 saturated heterocycles. The molecular formula is C12H18ClFN4O. The zero-order valence-corrected chi connectivity index (χ0v) is 11.3. The Kier molecular flexibility index (Phi) is 3.27. The Hall–Kier alpha value is -0.720. The van der Waals surface area contributed by atoms with Gasteiger partial charge in [0.25, 0.3) is 0 Å². The highest BCUT2D eigenvalue weighted by Crippen LogP contribution is 2.58. The van der Waals surface area contributed by atoms with E-state index in [9.17, 15) is 9.50 Å². The molecule has 8 unspecified atom stereocenters. The van der Waals surface area contributed by atoms with Gasteiger partial charge in [0.15, 0.2) is 6.17 Å². The summed E-state index contributed by atoms with van der Waals surface area (Å²) in [4.78, 5) is 7.66. The molecule has 7 heteroatoms. The van der Waals surface area contributed by atoms with Crippen molar-refractivity contribution in [3.05, 3.63) is 0 Å². The third-order valence-electron chi connectivity index (χ3n) is 4.67. The average Bonchev–Trinajstić information content (AvgIpc) is 2.31. The second kappa shape index (κ2) is 4.68. The highest BCUT2D eigenvalue weighted by atomic mass is 35.5. The number of amidine groups is 1. The van der Waals surface area contributed by atoms with Crippen molar-refractivity contribution < 1.29 is 9.50 Å². The highest BCUT2D eigenvalue weighted by Gasteiger charge is 2.61. The van der Waals surface area contributed by atoms with Gasteiger partial charge in [0.2, 0.25) is 5.62 Å². The topological polar surface area (TPSA) is 83.0 Å². The molecule has 0 aromatic heterocycles. The summed E-state index contributed by atoms with van der Waals surface area (Å²) in [7, 11) is 0. The van der Waals surface area contributed by atoms with E-state index in [4.69, 9.17) is 17.3 Å². The van der Waals surface area contributed by atoms with Crippen molar-refractivity contribution >= 4 is 23.7 Å². The van der Waals surface area contributed by atoms with E-state index in [-0.39, 0.29) is 17.8 Å². The van der Waals surface area contributed by atoms with Crippen LogP contribution in [0.4, 0.5) is 4.39 Å². The van der Waals surface area contributed by atoms with Gasteiger partial charge in [0.05, 0.1) is 0 Å². The van der Waals surface area contributed by atoms with Crippen molar-refractivity contribution in [1.82, 2.24) is 5.32 Å². The lowest BCUT2D eigenvalue weighted by Crippen LogP contribution is -2.72. The van der Waals surface area contributed by atoms with Crippen LogP contribution in [0.25, 0.3) is 0 Å². The largest absolute Gasteiger partial charge is 0.378 e. The number of aliphatic imine (C=N–C) groups is 2. The molecule has 106 valence electrons. The molecule has 0 radical (unpaired) electrons. The Balaban J connectivity index is 1.71. The van der Waals surface area contributed by atoms with Crippen molar-refractivity contribution in [3.8, 4) is 0 Å². The summed E-state index contributed by atoms with van der Waals surface area (Å²) in [5.74, 6) is 1.60. The molecule has 2 saturated carbocycles. The average molecular weight is 289 g/mol. The van der Waals surface area contributed by atoms with E-state index in [2.05, 4.69) is 22.2 Å². The quantitative estimate of drug-likeness (QED) is 0.392. The maximum atomic E-state index is 13.7. The van der Waals surface area contributed by atoms with E-state index >= 15 is 0 Å². The SMILES string of the molecule is CC1CC2C(C(N)O)C(NC3=NC(Cl)N=CC3F)C12. The first-order valence-corrected chi connectivity index (χ1v) is 7.02. The number of nitrogens with two attached hydrogens (primary N) is 1. The fourth-order valence-electron chi connectivity index (χ4n) is 3.76. The van der Waals surface area contributed by atoms with Gasteiger partial charge in [-0.15, -0.1) is 0 Å². The molecule has 0 bridgehead atoms. The standard InChI is InChI=1S/C12H18ClFN4O/c1-4-2-5-7(4)9(8(5)10(15)19)17-11-6(14)3-16-12(13)18-11/h3-10,12,19H,2,15H2,1H3,(H,17,18). The maximum absolute atomic E-state index is 13.7. The number of fused-ring (bicyclic) bond motifs is 1. The van der Waals surface area contributed by atoms with Crippen molar-refractivity contribution in [2.45, 2.75) is 37.4 Å². The number of rotatable bonds is 2. The number of hydrogen-bond acceptors (Lipinski definition) is 5. The molecule has 0 spiro atoms. The molecule has 19 heavy (non-hydrogen) atoms. The van der Waals surface area contributed by atoms with E-state index in [1.807, 2.05) is 0 Å². The van der Waals surface area contributed by atoms with E-state index in [0.717, 1.165) is 12.6 Å². The van der Waals surface area contributed by atoms with Gasteiger partial charge < -0.3 is 16.2 Å². The number of hydrogen-bond donors (Lipinski definition) is 3. The molecule has 3 rings (SSSR count). The van der Waals surface area contributed by atoms with Crippen LogP contribution in [0.15, 0.2) is 9.98 Å². The summed E-state index contributed by atoms with van der Waals surface area (Å²) in [6, 6.07) is -0.0267. The third-order valence-corrected chi connectivity index (χ3v) is 4.89. The second-order valence-corrected chi connectivity index (χ2v) is 6.11. The Morgan fingerprint density at radius 2 is 2.37 bits per heavy atom. The fourth-order valence-corrected chi connectivity index (χ4v) is 3.93. The molecular weight excluding hydrogens is 271 g/mol. The van der Waals surface area contributed by atoms with Gasteiger partial charge in [-0.3, -0.25) is 4.99 Å².